The van der Waals surface area contributed by atoms with Gasteiger partial charge in [-0.2, -0.15) is 0 Å². The summed E-state index contributed by atoms with van der Waals surface area (Å²) in [6.45, 7) is 0.574. The van der Waals surface area contributed by atoms with Gasteiger partial charge in [-0.3, -0.25) is 4.79 Å². The average Bonchev–Trinajstić information content (AvgIpc) is 3.23. The highest BCUT2D eigenvalue weighted by Gasteiger charge is 2.33. The van der Waals surface area contributed by atoms with Gasteiger partial charge < -0.3 is 28.6 Å². The van der Waals surface area contributed by atoms with Gasteiger partial charge in [-0.05, 0) is 23.8 Å². The van der Waals surface area contributed by atoms with Crippen LogP contribution in [0.15, 0.2) is 30.3 Å². The number of amides is 1. The number of thioether (sulfide) groups is 1. The summed E-state index contributed by atoms with van der Waals surface area (Å²) in [5.74, 6) is 3.97. The standard InChI is InChI=1S/C21H23NO6S/c1-24-15-6-4-5-13(19(15)26-3)11-22-18(23)7-8-29-21(22)14-9-16(25-2)20-17(10-14)27-12-28-20/h4-6,9-10,21H,7-8,11-12H2,1-3H3. The van der Waals surface area contributed by atoms with E-state index in [1.807, 2.05) is 35.2 Å². The monoisotopic (exact) mass is 417 g/mol. The molecule has 1 atom stereocenters. The highest BCUT2D eigenvalue weighted by molar-refractivity contribution is 7.99. The molecule has 154 valence electrons. The second kappa shape index (κ2) is 8.32. The van der Waals surface area contributed by atoms with Gasteiger partial charge in [0.05, 0.1) is 27.9 Å². The van der Waals surface area contributed by atoms with E-state index in [9.17, 15) is 4.79 Å². The third kappa shape index (κ3) is 3.64. The van der Waals surface area contributed by atoms with Crippen LogP contribution in [0.2, 0.25) is 0 Å². The maximum absolute atomic E-state index is 12.9. The van der Waals surface area contributed by atoms with Crippen LogP contribution in [0.25, 0.3) is 0 Å². The molecule has 0 bridgehead atoms. The fourth-order valence-corrected chi connectivity index (χ4v) is 4.84. The number of para-hydroxylation sites is 1. The van der Waals surface area contributed by atoms with E-state index in [2.05, 4.69) is 0 Å². The van der Waals surface area contributed by atoms with Crippen LogP contribution in [0.3, 0.4) is 0 Å². The van der Waals surface area contributed by atoms with Crippen molar-refractivity contribution in [3.63, 3.8) is 0 Å². The third-order valence-corrected chi connectivity index (χ3v) is 6.27. The molecule has 1 saturated heterocycles. The molecule has 0 aromatic heterocycles. The molecule has 8 heteroatoms. The predicted molar refractivity (Wildman–Crippen MR) is 109 cm³/mol. The van der Waals surface area contributed by atoms with Crippen molar-refractivity contribution in [1.82, 2.24) is 4.90 Å². The molecular weight excluding hydrogens is 394 g/mol. The lowest BCUT2D eigenvalue weighted by Crippen LogP contribution is -2.36. The Morgan fingerprint density at radius 1 is 1.10 bits per heavy atom. The zero-order valence-corrected chi connectivity index (χ0v) is 17.4. The number of hydrogen-bond donors (Lipinski definition) is 0. The first-order valence-corrected chi connectivity index (χ1v) is 10.3. The fraction of sp³-hybridized carbons (Fsp3) is 0.381. The first-order valence-electron chi connectivity index (χ1n) is 9.24. The zero-order valence-electron chi connectivity index (χ0n) is 16.6. The van der Waals surface area contributed by atoms with Crippen molar-refractivity contribution in [1.29, 1.82) is 0 Å². The van der Waals surface area contributed by atoms with Crippen LogP contribution >= 0.6 is 11.8 Å². The molecule has 2 aromatic rings. The molecule has 0 aliphatic carbocycles. The molecule has 1 amide bonds. The quantitative estimate of drug-likeness (QED) is 0.711. The SMILES string of the molecule is COc1cccc(CN2C(=O)CCSC2c2cc(OC)c3c(c2)OCO3)c1OC. The highest BCUT2D eigenvalue weighted by Crippen LogP contribution is 2.47. The maximum Gasteiger partial charge on any atom is 0.231 e. The molecule has 2 heterocycles. The van der Waals surface area contributed by atoms with Crippen molar-refractivity contribution >= 4 is 17.7 Å². The van der Waals surface area contributed by atoms with E-state index in [0.717, 1.165) is 16.9 Å². The number of benzene rings is 2. The summed E-state index contributed by atoms with van der Waals surface area (Å²) in [5, 5.41) is -0.171. The summed E-state index contributed by atoms with van der Waals surface area (Å²) < 4.78 is 27.5. The second-order valence-corrected chi connectivity index (χ2v) is 7.79. The van der Waals surface area contributed by atoms with Gasteiger partial charge in [0.2, 0.25) is 18.4 Å². The van der Waals surface area contributed by atoms with Crippen molar-refractivity contribution in [3.8, 4) is 28.7 Å². The average molecular weight is 417 g/mol. The Morgan fingerprint density at radius 3 is 2.69 bits per heavy atom. The molecule has 1 fully saturated rings. The zero-order chi connectivity index (χ0) is 20.4. The lowest BCUT2D eigenvalue weighted by atomic mass is 10.1. The molecule has 0 saturated carbocycles. The van der Waals surface area contributed by atoms with Crippen LogP contribution in [0.5, 0.6) is 28.7 Å². The van der Waals surface area contributed by atoms with Gasteiger partial charge in [0, 0.05) is 17.7 Å². The van der Waals surface area contributed by atoms with Gasteiger partial charge in [0.25, 0.3) is 0 Å². The number of methoxy groups -OCH3 is 3. The van der Waals surface area contributed by atoms with E-state index in [1.165, 1.54) is 0 Å². The van der Waals surface area contributed by atoms with Crippen molar-refractivity contribution in [3.05, 3.63) is 41.5 Å². The largest absolute Gasteiger partial charge is 0.493 e. The van der Waals surface area contributed by atoms with Gasteiger partial charge in [-0.15, -0.1) is 11.8 Å². The summed E-state index contributed by atoms with van der Waals surface area (Å²) >= 11 is 1.72. The van der Waals surface area contributed by atoms with Gasteiger partial charge in [-0.25, -0.2) is 0 Å². The predicted octanol–water partition coefficient (Wildman–Crippen LogP) is 3.61. The van der Waals surface area contributed by atoms with Crippen LogP contribution in [0.1, 0.15) is 22.9 Å². The summed E-state index contributed by atoms with van der Waals surface area (Å²) in [5.41, 5.74) is 1.83. The smallest absolute Gasteiger partial charge is 0.231 e. The topological polar surface area (TPSA) is 66.5 Å². The Balaban J connectivity index is 1.70. The van der Waals surface area contributed by atoms with Crippen LogP contribution in [0, 0.1) is 0 Å². The molecule has 2 aliphatic rings. The molecule has 2 aliphatic heterocycles. The molecule has 7 nitrogen and oxygen atoms in total. The van der Waals surface area contributed by atoms with Gasteiger partial charge >= 0.3 is 0 Å². The normalized spacial score (nSPS) is 18.0. The molecule has 4 rings (SSSR count). The van der Waals surface area contributed by atoms with Gasteiger partial charge in [0.15, 0.2) is 23.0 Å². The molecule has 0 radical (unpaired) electrons. The number of nitrogens with zero attached hydrogens (tertiary/aromatic N) is 1. The van der Waals surface area contributed by atoms with E-state index >= 15 is 0 Å². The third-order valence-electron chi connectivity index (χ3n) is 4.99. The number of fused-ring (bicyclic) bond motifs is 1. The number of carbonyl (C=O) groups is 1. The van der Waals surface area contributed by atoms with E-state index in [4.69, 9.17) is 23.7 Å². The lowest BCUT2D eigenvalue weighted by Gasteiger charge is -2.36. The molecule has 0 spiro atoms. The maximum atomic E-state index is 12.9. The molecule has 1 unspecified atom stereocenters. The highest BCUT2D eigenvalue weighted by atomic mass is 32.2. The van der Waals surface area contributed by atoms with Crippen LogP contribution in [0.4, 0.5) is 0 Å². The van der Waals surface area contributed by atoms with E-state index < -0.39 is 0 Å². The minimum absolute atomic E-state index is 0.0928. The Labute approximate surface area is 173 Å². The Bertz CT molecular complexity index is 918. The van der Waals surface area contributed by atoms with Crippen molar-refractivity contribution in [2.45, 2.75) is 18.3 Å². The fourth-order valence-electron chi connectivity index (χ4n) is 3.62. The van der Waals surface area contributed by atoms with E-state index in [1.54, 1.807) is 33.1 Å². The first kappa shape index (κ1) is 19.6. The summed E-state index contributed by atoms with van der Waals surface area (Å²) in [6, 6.07) is 9.54. The Kier molecular flexibility index (Phi) is 5.62. The minimum atomic E-state index is -0.171. The van der Waals surface area contributed by atoms with Crippen LogP contribution in [-0.2, 0) is 11.3 Å². The number of hydrogen-bond acceptors (Lipinski definition) is 7. The molecule has 0 N–H and O–H groups in total. The van der Waals surface area contributed by atoms with Crippen LogP contribution < -0.4 is 23.7 Å². The number of rotatable bonds is 6. The van der Waals surface area contributed by atoms with Crippen molar-refractivity contribution in [2.24, 2.45) is 0 Å². The minimum Gasteiger partial charge on any atom is -0.493 e. The van der Waals surface area contributed by atoms with E-state index in [-0.39, 0.29) is 18.1 Å². The second-order valence-electron chi connectivity index (χ2n) is 6.60. The van der Waals surface area contributed by atoms with Gasteiger partial charge in [0.1, 0.15) is 5.37 Å². The Hall–Kier alpha value is -2.74. The lowest BCUT2D eigenvalue weighted by molar-refractivity contribution is -0.132. The molecule has 2 aromatic carbocycles. The number of carbonyl (C=O) groups excluding carboxylic acids is 1. The molecule has 29 heavy (non-hydrogen) atoms. The summed E-state index contributed by atoms with van der Waals surface area (Å²) in [7, 11) is 4.80. The number of ether oxygens (including phenoxy) is 5. The first-order chi connectivity index (χ1) is 14.2. The van der Waals surface area contributed by atoms with E-state index in [0.29, 0.717) is 41.7 Å². The summed E-state index contributed by atoms with van der Waals surface area (Å²) in [4.78, 5) is 14.7. The van der Waals surface area contributed by atoms with Crippen LogP contribution in [-0.4, -0.2) is 44.7 Å². The summed E-state index contributed by atoms with van der Waals surface area (Å²) in [6.07, 6.45) is 0.495. The van der Waals surface area contributed by atoms with Gasteiger partial charge in [-0.1, -0.05) is 12.1 Å². The van der Waals surface area contributed by atoms with Crippen molar-refractivity contribution in [2.75, 3.05) is 33.9 Å². The van der Waals surface area contributed by atoms with Crippen molar-refractivity contribution < 1.29 is 28.5 Å². The molecular formula is C21H23NO6S. The Morgan fingerprint density at radius 2 is 1.93 bits per heavy atom.